The summed E-state index contributed by atoms with van der Waals surface area (Å²) in [5.74, 6) is -0.235. The molecule has 1 aliphatic rings. The van der Waals surface area contributed by atoms with Crippen LogP contribution in [0.4, 0.5) is 4.39 Å². The van der Waals surface area contributed by atoms with Gasteiger partial charge < -0.3 is 14.3 Å². The summed E-state index contributed by atoms with van der Waals surface area (Å²) in [7, 11) is 1.57. The first-order chi connectivity index (χ1) is 18.0. The van der Waals surface area contributed by atoms with E-state index in [0.717, 1.165) is 22.9 Å². The van der Waals surface area contributed by atoms with Gasteiger partial charge in [0.2, 0.25) is 0 Å². The zero-order valence-electron chi connectivity index (χ0n) is 19.7. The Kier molecular flexibility index (Phi) is 5.61. The predicted octanol–water partition coefficient (Wildman–Crippen LogP) is 5.71. The molecule has 184 valence electrons. The fraction of sp³-hybridized carbons (Fsp3) is 0.103. The summed E-state index contributed by atoms with van der Waals surface area (Å²) in [6, 6.07) is 20.4. The van der Waals surface area contributed by atoms with Crippen molar-refractivity contribution in [2.24, 2.45) is 0 Å². The first kappa shape index (κ1) is 23.1. The van der Waals surface area contributed by atoms with E-state index in [0.29, 0.717) is 40.4 Å². The Morgan fingerprint density at radius 2 is 1.70 bits per heavy atom. The average molecular weight is 514 g/mol. The van der Waals surface area contributed by atoms with E-state index < -0.39 is 22.8 Å². The van der Waals surface area contributed by atoms with E-state index >= 15 is 0 Å². The molecule has 6 rings (SSSR count). The van der Waals surface area contributed by atoms with Crippen LogP contribution in [0, 0.1) is 5.82 Å². The van der Waals surface area contributed by atoms with Crippen LogP contribution < -0.4 is 15.9 Å². The maximum atomic E-state index is 14.1. The first-order valence-corrected chi connectivity index (χ1v) is 12.4. The minimum absolute atomic E-state index is 0.0711. The molecule has 8 heteroatoms. The van der Waals surface area contributed by atoms with Gasteiger partial charge in [-0.3, -0.25) is 9.36 Å². The molecule has 0 unspecified atom stereocenters. The van der Waals surface area contributed by atoms with Gasteiger partial charge in [-0.25, -0.2) is 9.18 Å². The van der Waals surface area contributed by atoms with Crippen molar-refractivity contribution in [3.8, 4) is 28.4 Å². The second kappa shape index (κ2) is 8.97. The van der Waals surface area contributed by atoms with E-state index in [2.05, 4.69) is 0 Å². The molecule has 3 aromatic carbocycles. The van der Waals surface area contributed by atoms with Crippen molar-refractivity contribution >= 4 is 22.7 Å². The Hall–Kier alpha value is -4.30. The van der Waals surface area contributed by atoms with E-state index in [9.17, 15) is 19.1 Å². The lowest BCUT2D eigenvalue weighted by molar-refractivity contribution is 0.414. The van der Waals surface area contributed by atoms with Gasteiger partial charge in [0.1, 0.15) is 21.8 Å². The molecule has 0 saturated carbocycles. The van der Waals surface area contributed by atoms with Crippen LogP contribution in [0.25, 0.3) is 27.9 Å². The average Bonchev–Trinajstić information content (AvgIpc) is 2.92. The molecular formula is C29H20FNO5S. The monoisotopic (exact) mass is 513 g/mol. The summed E-state index contributed by atoms with van der Waals surface area (Å²) >= 11 is 0.918. The normalized spacial score (nSPS) is 12.3. The van der Waals surface area contributed by atoms with E-state index in [4.69, 9.17) is 9.15 Å². The van der Waals surface area contributed by atoms with Gasteiger partial charge in [0.25, 0.3) is 5.56 Å². The lowest BCUT2D eigenvalue weighted by atomic mass is 9.87. The molecule has 0 bridgehead atoms. The molecule has 0 amide bonds. The third-order valence-corrected chi connectivity index (χ3v) is 7.61. The second-order valence-electron chi connectivity index (χ2n) is 8.65. The van der Waals surface area contributed by atoms with Crippen molar-refractivity contribution in [1.82, 2.24) is 4.57 Å². The molecule has 1 N–H and O–H groups in total. The maximum absolute atomic E-state index is 14.1. The van der Waals surface area contributed by atoms with Gasteiger partial charge in [-0.2, -0.15) is 0 Å². The Labute approximate surface area is 214 Å². The van der Waals surface area contributed by atoms with Crippen LogP contribution >= 0.6 is 11.8 Å². The molecule has 0 spiro atoms. The number of pyridine rings is 1. The van der Waals surface area contributed by atoms with Crippen molar-refractivity contribution in [2.75, 3.05) is 7.11 Å². The Morgan fingerprint density at radius 1 is 0.973 bits per heavy atom. The number of aromatic hydroxyl groups is 1. The predicted molar refractivity (Wildman–Crippen MR) is 140 cm³/mol. The van der Waals surface area contributed by atoms with Crippen molar-refractivity contribution in [3.05, 3.63) is 111 Å². The number of rotatable bonds is 4. The summed E-state index contributed by atoms with van der Waals surface area (Å²) < 4.78 is 26.0. The van der Waals surface area contributed by atoms with Gasteiger partial charge in [0.05, 0.1) is 12.8 Å². The number of halogens is 1. The van der Waals surface area contributed by atoms with Gasteiger partial charge in [0.15, 0.2) is 11.3 Å². The third-order valence-electron chi connectivity index (χ3n) is 6.54. The largest absolute Gasteiger partial charge is 0.505 e. The fourth-order valence-corrected chi connectivity index (χ4v) is 5.64. The van der Waals surface area contributed by atoms with Crippen LogP contribution in [0.15, 0.2) is 96.6 Å². The molecule has 0 fully saturated rings. The smallest absolute Gasteiger partial charge is 0.354 e. The molecule has 2 aromatic heterocycles. The number of fused-ring (bicyclic) bond motifs is 5. The molecule has 0 radical (unpaired) electrons. The molecule has 0 aliphatic heterocycles. The van der Waals surface area contributed by atoms with Gasteiger partial charge in [-0.05, 0) is 66.9 Å². The third kappa shape index (κ3) is 3.81. The number of aryl methyl sites for hydroxylation is 2. The minimum atomic E-state index is -0.762. The molecule has 6 nitrogen and oxygen atoms in total. The van der Waals surface area contributed by atoms with Gasteiger partial charge in [0, 0.05) is 21.7 Å². The van der Waals surface area contributed by atoms with Gasteiger partial charge >= 0.3 is 5.63 Å². The SMILES string of the molecule is COc1ccc(-n2c3c(c4oc(=O)c(Sc5ccc(F)cc5)c(O)c4c2=O)CCc2ccccc2-3)cc1. The Bertz CT molecular complexity index is 1790. The van der Waals surface area contributed by atoms with Crippen LogP contribution in [0.3, 0.4) is 0 Å². The molecule has 0 atom stereocenters. The van der Waals surface area contributed by atoms with Crippen molar-refractivity contribution < 1.29 is 18.7 Å². The van der Waals surface area contributed by atoms with Gasteiger partial charge in [-0.15, -0.1) is 0 Å². The zero-order chi connectivity index (χ0) is 25.7. The number of benzene rings is 3. The van der Waals surface area contributed by atoms with Crippen LogP contribution in [0.5, 0.6) is 11.5 Å². The summed E-state index contributed by atoms with van der Waals surface area (Å²) in [5, 5.41) is 11.2. The summed E-state index contributed by atoms with van der Waals surface area (Å²) in [6.45, 7) is 0. The first-order valence-electron chi connectivity index (χ1n) is 11.6. The van der Waals surface area contributed by atoms with E-state index in [1.165, 1.54) is 24.3 Å². The topological polar surface area (TPSA) is 81.7 Å². The number of hydrogen-bond donors (Lipinski definition) is 1. The van der Waals surface area contributed by atoms with Crippen molar-refractivity contribution in [3.63, 3.8) is 0 Å². The summed E-state index contributed by atoms with van der Waals surface area (Å²) in [4.78, 5) is 27.5. The van der Waals surface area contributed by atoms with Crippen LogP contribution in [-0.2, 0) is 12.8 Å². The summed E-state index contributed by atoms with van der Waals surface area (Å²) in [5.41, 5.74) is 2.64. The lowest BCUT2D eigenvalue weighted by Gasteiger charge is -2.25. The molecule has 1 aliphatic carbocycles. The molecule has 37 heavy (non-hydrogen) atoms. The van der Waals surface area contributed by atoms with E-state index in [1.54, 1.807) is 35.9 Å². The number of ether oxygens (including phenoxy) is 1. The molecule has 5 aromatic rings. The standard InChI is InChI=1S/C29H20FNO5S/c1-35-19-11-9-18(10-12-19)31-24-21-5-3-2-4-16(21)6-15-22(24)26-23(28(31)33)25(32)27(29(34)36-26)37-20-13-7-17(30)8-14-20/h2-5,7-14,32H,6,15H2,1H3. The lowest BCUT2D eigenvalue weighted by Crippen LogP contribution is -2.25. The number of hydrogen-bond acceptors (Lipinski definition) is 6. The molecule has 0 saturated heterocycles. The van der Waals surface area contributed by atoms with Crippen LogP contribution in [0.2, 0.25) is 0 Å². The number of nitrogens with zero attached hydrogens (tertiary/aromatic N) is 1. The fourth-order valence-electron chi connectivity index (χ4n) is 4.81. The highest BCUT2D eigenvalue weighted by Gasteiger charge is 2.29. The van der Waals surface area contributed by atoms with E-state index in [-0.39, 0.29) is 15.9 Å². The van der Waals surface area contributed by atoms with E-state index in [1.807, 2.05) is 24.3 Å². The number of aromatic nitrogens is 1. The molecule has 2 heterocycles. The quantitative estimate of drug-likeness (QED) is 0.331. The molecular weight excluding hydrogens is 493 g/mol. The van der Waals surface area contributed by atoms with Crippen LogP contribution in [-0.4, -0.2) is 16.8 Å². The Morgan fingerprint density at radius 3 is 2.43 bits per heavy atom. The highest BCUT2D eigenvalue weighted by Crippen LogP contribution is 2.41. The second-order valence-corrected chi connectivity index (χ2v) is 9.73. The maximum Gasteiger partial charge on any atom is 0.354 e. The minimum Gasteiger partial charge on any atom is -0.505 e. The highest BCUT2D eigenvalue weighted by molar-refractivity contribution is 7.99. The highest BCUT2D eigenvalue weighted by atomic mass is 32.2. The van der Waals surface area contributed by atoms with Crippen molar-refractivity contribution in [1.29, 1.82) is 0 Å². The Balaban J connectivity index is 1.68. The van der Waals surface area contributed by atoms with Crippen molar-refractivity contribution in [2.45, 2.75) is 22.6 Å². The number of methoxy groups -OCH3 is 1. The summed E-state index contributed by atoms with van der Waals surface area (Å²) in [6.07, 6.45) is 1.21. The van der Waals surface area contributed by atoms with Crippen LogP contribution in [0.1, 0.15) is 11.1 Å². The van der Waals surface area contributed by atoms with Gasteiger partial charge in [-0.1, -0.05) is 36.0 Å². The zero-order valence-corrected chi connectivity index (χ0v) is 20.5.